The lowest BCUT2D eigenvalue weighted by molar-refractivity contribution is 0.215. The molecule has 1 heterocycles. The van der Waals surface area contributed by atoms with E-state index in [1.807, 2.05) is 35.7 Å². The molecule has 0 atom stereocenters. The first-order chi connectivity index (χ1) is 12.7. The second kappa shape index (κ2) is 9.01. The molecule has 3 aromatic rings. The fraction of sp³-hybridized carbons (Fsp3) is 0.200. The number of carbonyl (C=O) groups excluding carboxylic acids is 1. The number of carbonyl (C=O) groups is 1. The van der Waals surface area contributed by atoms with Crippen LogP contribution in [0, 0.1) is 0 Å². The molecule has 0 aliphatic heterocycles. The first-order valence-electron chi connectivity index (χ1n) is 8.47. The highest BCUT2D eigenvalue weighted by molar-refractivity contribution is 7.14. The number of nitrogens with zero attached hydrogens (tertiary/aromatic N) is 1. The van der Waals surface area contributed by atoms with E-state index in [0.29, 0.717) is 10.9 Å². The molecule has 6 heteroatoms. The smallest absolute Gasteiger partial charge is 0.418 e. The topological polar surface area (TPSA) is 60.5 Å². The summed E-state index contributed by atoms with van der Waals surface area (Å²) in [5.41, 5.74) is 1.76. The van der Waals surface area contributed by atoms with E-state index in [1.54, 1.807) is 24.3 Å². The molecule has 1 amide bonds. The molecule has 0 fully saturated rings. The first kappa shape index (κ1) is 17.9. The number of benzene rings is 2. The van der Waals surface area contributed by atoms with Gasteiger partial charge in [-0.3, -0.25) is 5.32 Å². The molecule has 5 nitrogen and oxygen atoms in total. The predicted octanol–water partition coefficient (Wildman–Crippen LogP) is 5.60. The average Bonchev–Trinajstić information content (AvgIpc) is 3.11. The third-order valence-corrected chi connectivity index (χ3v) is 4.34. The van der Waals surface area contributed by atoms with Crippen molar-refractivity contribution in [2.45, 2.75) is 19.8 Å². The zero-order chi connectivity index (χ0) is 18.2. The highest BCUT2D eigenvalue weighted by Crippen LogP contribution is 2.26. The maximum absolute atomic E-state index is 11.9. The normalized spacial score (nSPS) is 10.3. The number of ether oxygens (including phenoxy) is 2. The molecular weight excluding hydrogens is 348 g/mol. The van der Waals surface area contributed by atoms with Crippen LogP contribution in [0.2, 0.25) is 0 Å². The number of amides is 1. The summed E-state index contributed by atoms with van der Waals surface area (Å²) in [4.78, 5) is 16.3. The van der Waals surface area contributed by atoms with Crippen LogP contribution in [0.3, 0.4) is 0 Å². The molecule has 0 saturated carbocycles. The van der Waals surface area contributed by atoms with Gasteiger partial charge in [0.05, 0.1) is 12.3 Å². The highest BCUT2D eigenvalue weighted by Gasteiger charge is 2.10. The number of thiazole rings is 1. The van der Waals surface area contributed by atoms with Crippen LogP contribution >= 0.6 is 11.3 Å². The maximum atomic E-state index is 11.9. The Kier molecular flexibility index (Phi) is 6.22. The van der Waals surface area contributed by atoms with Gasteiger partial charge in [0.2, 0.25) is 0 Å². The van der Waals surface area contributed by atoms with Crippen LogP contribution in [0.5, 0.6) is 11.5 Å². The lowest BCUT2D eigenvalue weighted by atomic mass is 10.2. The molecule has 1 aromatic heterocycles. The number of anilines is 1. The van der Waals surface area contributed by atoms with Crippen molar-refractivity contribution in [3.63, 3.8) is 0 Å². The molecule has 26 heavy (non-hydrogen) atoms. The van der Waals surface area contributed by atoms with Crippen molar-refractivity contribution in [3.8, 4) is 22.8 Å². The molecule has 0 radical (unpaired) electrons. The number of para-hydroxylation sites is 1. The van der Waals surface area contributed by atoms with E-state index in [2.05, 4.69) is 17.2 Å². The summed E-state index contributed by atoms with van der Waals surface area (Å²) >= 11 is 1.35. The van der Waals surface area contributed by atoms with Crippen molar-refractivity contribution in [3.05, 3.63) is 60.0 Å². The summed E-state index contributed by atoms with van der Waals surface area (Å²) in [5.74, 6) is 1.34. The van der Waals surface area contributed by atoms with Crippen LogP contribution in [0.15, 0.2) is 60.0 Å². The first-order valence-corrected chi connectivity index (χ1v) is 9.35. The number of hydrogen-bond donors (Lipinski definition) is 1. The minimum atomic E-state index is -0.559. The van der Waals surface area contributed by atoms with E-state index >= 15 is 0 Å². The van der Waals surface area contributed by atoms with Gasteiger partial charge in [-0.05, 0) is 42.8 Å². The molecule has 0 aliphatic carbocycles. The van der Waals surface area contributed by atoms with Crippen LogP contribution in [0.4, 0.5) is 9.93 Å². The van der Waals surface area contributed by atoms with E-state index in [9.17, 15) is 4.79 Å². The Morgan fingerprint density at radius 1 is 1.08 bits per heavy atom. The zero-order valence-corrected chi connectivity index (χ0v) is 15.3. The van der Waals surface area contributed by atoms with E-state index in [0.717, 1.165) is 36.5 Å². The predicted molar refractivity (Wildman–Crippen MR) is 104 cm³/mol. The third kappa shape index (κ3) is 5.07. The number of unbranched alkanes of at least 4 members (excludes halogenated alkanes) is 1. The molecule has 0 saturated heterocycles. The summed E-state index contributed by atoms with van der Waals surface area (Å²) in [6.45, 7) is 2.86. The zero-order valence-electron chi connectivity index (χ0n) is 14.5. The quantitative estimate of drug-likeness (QED) is 0.551. The minimum Gasteiger partial charge on any atom is -0.494 e. The van der Waals surface area contributed by atoms with E-state index in [4.69, 9.17) is 9.47 Å². The van der Waals surface area contributed by atoms with Gasteiger partial charge in [0.25, 0.3) is 0 Å². The number of aromatic nitrogens is 1. The fourth-order valence-electron chi connectivity index (χ4n) is 2.23. The largest absolute Gasteiger partial charge is 0.494 e. The molecule has 0 bridgehead atoms. The Hall–Kier alpha value is -2.86. The Bertz CT molecular complexity index is 832. The van der Waals surface area contributed by atoms with Crippen LogP contribution in [0.1, 0.15) is 19.8 Å². The molecular formula is C20H20N2O3S. The number of rotatable bonds is 7. The molecule has 3 rings (SSSR count). The lowest BCUT2D eigenvalue weighted by Gasteiger charge is -2.05. The summed E-state index contributed by atoms with van der Waals surface area (Å²) in [6.07, 6.45) is 1.60. The Balaban J connectivity index is 1.58. The van der Waals surface area contributed by atoms with Crippen LogP contribution in [-0.2, 0) is 0 Å². The van der Waals surface area contributed by atoms with Crippen molar-refractivity contribution in [2.24, 2.45) is 0 Å². The monoisotopic (exact) mass is 368 g/mol. The maximum Gasteiger partial charge on any atom is 0.418 e. The highest BCUT2D eigenvalue weighted by atomic mass is 32.1. The number of nitrogens with one attached hydrogen (secondary N) is 1. The van der Waals surface area contributed by atoms with Crippen molar-refractivity contribution in [2.75, 3.05) is 11.9 Å². The average molecular weight is 368 g/mol. The SMILES string of the molecule is CCCCOc1ccc(-c2csc(NC(=O)Oc3ccccc3)n2)cc1. The number of hydrogen-bond acceptors (Lipinski definition) is 5. The van der Waals surface area contributed by atoms with Gasteiger partial charge >= 0.3 is 6.09 Å². The van der Waals surface area contributed by atoms with Gasteiger partial charge in [0, 0.05) is 10.9 Å². The van der Waals surface area contributed by atoms with Crippen molar-refractivity contribution >= 4 is 22.6 Å². The Morgan fingerprint density at radius 3 is 2.58 bits per heavy atom. The van der Waals surface area contributed by atoms with E-state index in [1.165, 1.54) is 11.3 Å². The summed E-state index contributed by atoms with van der Waals surface area (Å²) in [6, 6.07) is 16.7. The standard InChI is InChI=1S/C20H20N2O3S/c1-2-3-13-24-16-11-9-15(10-12-16)18-14-26-19(21-18)22-20(23)25-17-7-5-4-6-8-17/h4-12,14H,2-3,13H2,1H3,(H,21,22,23). The van der Waals surface area contributed by atoms with Gasteiger partial charge in [-0.25, -0.2) is 9.78 Å². The van der Waals surface area contributed by atoms with Gasteiger partial charge in [-0.15, -0.1) is 11.3 Å². The second-order valence-electron chi connectivity index (χ2n) is 5.59. The Labute approximate surface area is 156 Å². The molecule has 0 unspecified atom stereocenters. The van der Waals surface area contributed by atoms with Crippen molar-refractivity contribution in [1.29, 1.82) is 0 Å². The van der Waals surface area contributed by atoms with Crippen LogP contribution < -0.4 is 14.8 Å². The van der Waals surface area contributed by atoms with E-state index < -0.39 is 6.09 Å². The fourth-order valence-corrected chi connectivity index (χ4v) is 2.93. The minimum absolute atomic E-state index is 0.487. The molecule has 2 aromatic carbocycles. The molecule has 134 valence electrons. The van der Waals surface area contributed by atoms with Crippen LogP contribution in [-0.4, -0.2) is 17.7 Å². The summed E-state index contributed by atoms with van der Waals surface area (Å²) < 4.78 is 10.9. The third-order valence-electron chi connectivity index (χ3n) is 3.58. The lowest BCUT2D eigenvalue weighted by Crippen LogP contribution is -2.16. The Morgan fingerprint density at radius 2 is 1.85 bits per heavy atom. The van der Waals surface area contributed by atoms with Crippen LogP contribution in [0.25, 0.3) is 11.3 Å². The van der Waals surface area contributed by atoms with Crippen molar-refractivity contribution < 1.29 is 14.3 Å². The van der Waals surface area contributed by atoms with Gasteiger partial charge in [0.15, 0.2) is 5.13 Å². The van der Waals surface area contributed by atoms with E-state index in [-0.39, 0.29) is 0 Å². The van der Waals surface area contributed by atoms with Crippen molar-refractivity contribution in [1.82, 2.24) is 4.98 Å². The van der Waals surface area contributed by atoms with Gasteiger partial charge < -0.3 is 9.47 Å². The molecule has 0 spiro atoms. The van der Waals surface area contributed by atoms with Gasteiger partial charge in [0.1, 0.15) is 11.5 Å². The second-order valence-corrected chi connectivity index (χ2v) is 6.45. The molecule has 0 aliphatic rings. The summed E-state index contributed by atoms with van der Waals surface area (Å²) in [5, 5.41) is 5.03. The van der Waals surface area contributed by atoms with Gasteiger partial charge in [-0.1, -0.05) is 31.5 Å². The molecule has 1 N–H and O–H groups in total. The summed E-state index contributed by atoms with van der Waals surface area (Å²) in [7, 11) is 0. The van der Waals surface area contributed by atoms with Gasteiger partial charge in [-0.2, -0.15) is 0 Å².